The fourth-order valence-electron chi connectivity index (χ4n) is 2.85. The summed E-state index contributed by atoms with van der Waals surface area (Å²) in [6.07, 6.45) is 5.54. The van der Waals surface area contributed by atoms with Crippen LogP contribution >= 0.6 is 0 Å². The van der Waals surface area contributed by atoms with E-state index in [1.54, 1.807) is 0 Å². The summed E-state index contributed by atoms with van der Waals surface area (Å²) in [6.45, 7) is 4.39. The Labute approximate surface area is 73.8 Å². The van der Waals surface area contributed by atoms with E-state index in [9.17, 15) is 4.79 Å². The number of Topliss-reactive ketones (excluding diaryl/α,β-unsaturated/α-hetero) is 1. The van der Waals surface area contributed by atoms with Crippen LogP contribution in [0.25, 0.3) is 0 Å². The highest BCUT2D eigenvalue weighted by Crippen LogP contribution is 2.49. The van der Waals surface area contributed by atoms with Crippen molar-refractivity contribution in [1.29, 1.82) is 0 Å². The van der Waals surface area contributed by atoms with Crippen molar-refractivity contribution >= 4 is 5.78 Å². The van der Waals surface area contributed by atoms with Gasteiger partial charge in [0, 0.05) is 6.42 Å². The Hall–Kier alpha value is -0.590. The van der Waals surface area contributed by atoms with Crippen LogP contribution in [0.4, 0.5) is 0 Å². The van der Waals surface area contributed by atoms with Crippen LogP contribution in [0.1, 0.15) is 46.0 Å². The Bertz CT molecular complexity index is 262. The molecule has 2 rings (SSSR count). The van der Waals surface area contributed by atoms with E-state index >= 15 is 0 Å². The first-order chi connectivity index (χ1) is 5.63. The summed E-state index contributed by atoms with van der Waals surface area (Å²) in [4.78, 5) is 11.6. The molecule has 0 aromatic carbocycles. The molecule has 2 aliphatic carbocycles. The fraction of sp³-hybridized carbons (Fsp3) is 0.727. The summed E-state index contributed by atoms with van der Waals surface area (Å²) in [5, 5.41) is 0. The van der Waals surface area contributed by atoms with Gasteiger partial charge in [-0.2, -0.15) is 0 Å². The molecule has 1 nitrogen and oxygen atoms in total. The smallest absolute Gasteiger partial charge is 0.159 e. The largest absolute Gasteiger partial charge is 0.295 e. The van der Waals surface area contributed by atoms with Gasteiger partial charge in [0.05, 0.1) is 0 Å². The van der Waals surface area contributed by atoms with Crippen molar-refractivity contribution in [2.45, 2.75) is 46.0 Å². The minimum absolute atomic E-state index is 0.263. The monoisotopic (exact) mass is 164 g/mol. The second-order valence-corrected chi connectivity index (χ2v) is 4.49. The molecule has 1 fully saturated rings. The molecule has 0 spiro atoms. The van der Waals surface area contributed by atoms with E-state index in [4.69, 9.17) is 0 Å². The van der Waals surface area contributed by atoms with Gasteiger partial charge in [-0.3, -0.25) is 4.79 Å². The van der Waals surface area contributed by atoms with E-state index in [2.05, 4.69) is 13.8 Å². The Morgan fingerprint density at radius 1 is 1.25 bits per heavy atom. The highest BCUT2D eigenvalue weighted by molar-refractivity contribution is 5.99. The van der Waals surface area contributed by atoms with Crippen molar-refractivity contribution in [2.24, 2.45) is 5.41 Å². The molecular weight excluding hydrogens is 148 g/mol. The number of fused-ring (bicyclic) bond motifs is 1. The second-order valence-electron chi connectivity index (χ2n) is 4.49. The Balaban J connectivity index is 2.48. The minimum Gasteiger partial charge on any atom is -0.295 e. The highest BCUT2D eigenvalue weighted by atomic mass is 16.1. The number of allylic oxidation sites excluding steroid dienone is 2. The molecule has 0 heterocycles. The Morgan fingerprint density at radius 2 is 2.00 bits per heavy atom. The van der Waals surface area contributed by atoms with Gasteiger partial charge < -0.3 is 0 Å². The van der Waals surface area contributed by atoms with Crippen LogP contribution in [-0.4, -0.2) is 5.78 Å². The van der Waals surface area contributed by atoms with Crippen LogP contribution in [0.15, 0.2) is 11.1 Å². The summed E-state index contributed by atoms with van der Waals surface area (Å²) in [5.74, 6) is 0.426. The van der Waals surface area contributed by atoms with Gasteiger partial charge in [-0.1, -0.05) is 12.5 Å². The van der Waals surface area contributed by atoms with E-state index < -0.39 is 0 Å². The maximum Gasteiger partial charge on any atom is 0.159 e. The topological polar surface area (TPSA) is 17.1 Å². The van der Waals surface area contributed by atoms with E-state index in [1.807, 2.05) is 0 Å². The van der Waals surface area contributed by atoms with Crippen LogP contribution in [-0.2, 0) is 4.79 Å². The first kappa shape index (κ1) is 8.03. The number of carbonyl (C=O) groups excluding carboxylic acids is 1. The van der Waals surface area contributed by atoms with Crippen LogP contribution in [0, 0.1) is 5.41 Å². The van der Waals surface area contributed by atoms with Crippen molar-refractivity contribution in [3.8, 4) is 0 Å². The SMILES string of the molecule is CC1=C2C(=O)CCC2(C)CCC1. The predicted octanol–water partition coefficient (Wildman–Crippen LogP) is 2.86. The molecule has 0 N–H and O–H groups in total. The van der Waals surface area contributed by atoms with Crippen molar-refractivity contribution < 1.29 is 4.79 Å². The van der Waals surface area contributed by atoms with Crippen molar-refractivity contribution in [3.05, 3.63) is 11.1 Å². The maximum atomic E-state index is 11.6. The van der Waals surface area contributed by atoms with Crippen LogP contribution in [0.3, 0.4) is 0 Å². The summed E-state index contributed by atoms with van der Waals surface area (Å²) >= 11 is 0. The van der Waals surface area contributed by atoms with Crippen molar-refractivity contribution in [3.63, 3.8) is 0 Å². The molecule has 0 aromatic rings. The summed E-state index contributed by atoms with van der Waals surface area (Å²) < 4.78 is 0. The van der Waals surface area contributed by atoms with Crippen LogP contribution in [0.5, 0.6) is 0 Å². The van der Waals surface area contributed by atoms with Crippen molar-refractivity contribution in [1.82, 2.24) is 0 Å². The molecule has 2 aliphatic rings. The lowest BCUT2D eigenvalue weighted by molar-refractivity contribution is -0.114. The molecule has 0 aliphatic heterocycles. The molecule has 1 unspecified atom stereocenters. The van der Waals surface area contributed by atoms with Gasteiger partial charge >= 0.3 is 0 Å². The predicted molar refractivity (Wildman–Crippen MR) is 48.9 cm³/mol. The number of rotatable bonds is 0. The number of hydrogen-bond acceptors (Lipinski definition) is 1. The zero-order valence-corrected chi connectivity index (χ0v) is 7.94. The normalized spacial score (nSPS) is 35.7. The molecule has 66 valence electrons. The molecular formula is C11H16O. The summed E-state index contributed by atoms with van der Waals surface area (Å²) in [6, 6.07) is 0. The standard InChI is InChI=1S/C11H16O/c1-8-4-3-6-11(2)7-5-9(12)10(8)11/h3-7H2,1-2H3. The molecule has 0 bridgehead atoms. The van der Waals surface area contributed by atoms with E-state index in [0.717, 1.165) is 19.3 Å². The first-order valence-corrected chi connectivity index (χ1v) is 4.87. The van der Waals surface area contributed by atoms with Crippen LogP contribution < -0.4 is 0 Å². The molecule has 0 aromatic heterocycles. The van der Waals surface area contributed by atoms with Gasteiger partial charge in [0.15, 0.2) is 5.78 Å². The average molecular weight is 164 g/mol. The van der Waals surface area contributed by atoms with Gasteiger partial charge in [-0.15, -0.1) is 0 Å². The van der Waals surface area contributed by atoms with Gasteiger partial charge in [0.2, 0.25) is 0 Å². The molecule has 1 saturated carbocycles. The first-order valence-electron chi connectivity index (χ1n) is 4.87. The quantitative estimate of drug-likeness (QED) is 0.538. The second kappa shape index (κ2) is 2.45. The lowest BCUT2D eigenvalue weighted by Crippen LogP contribution is -2.21. The molecule has 1 heteroatoms. The molecule has 0 radical (unpaired) electrons. The fourth-order valence-corrected chi connectivity index (χ4v) is 2.85. The minimum atomic E-state index is 0.263. The molecule has 0 saturated heterocycles. The number of hydrogen-bond donors (Lipinski definition) is 0. The molecule has 1 atom stereocenters. The lowest BCUT2D eigenvalue weighted by Gasteiger charge is -2.31. The highest BCUT2D eigenvalue weighted by Gasteiger charge is 2.41. The number of carbonyl (C=O) groups is 1. The lowest BCUT2D eigenvalue weighted by atomic mass is 9.73. The Kier molecular flexibility index (Phi) is 1.64. The third kappa shape index (κ3) is 0.954. The summed E-state index contributed by atoms with van der Waals surface area (Å²) in [5.41, 5.74) is 2.82. The van der Waals surface area contributed by atoms with Gasteiger partial charge in [0.1, 0.15) is 0 Å². The van der Waals surface area contributed by atoms with Crippen LogP contribution in [0.2, 0.25) is 0 Å². The van der Waals surface area contributed by atoms with Gasteiger partial charge in [-0.25, -0.2) is 0 Å². The Morgan fingerprint density at radius 3 is 2.67 bits per heavy atom. The van der Waals surface area contributed by atoms with E-state index in [0.29, 0.717) is 5.78 Å². The third-order valence-electron chi connectivity index (χ3n) is 3.49. The van der Waals surface area contributed by atoms with Crippen molar-refractivity contribution in [2.75, 3.05) is 0 Å². The zero-order chi connectivity index (χ0) is 8.77. The number of ketones is 1. The van der Waals surface area contributed by atoms with Gasteiger partial charge in [0.25, 0.3) is 0 Å². The third-order valence-corrected chi connectivity index (χ3v) is 3.49. The maximum absolute atomic E-state index is 11.6. The molecule has 12 heavy (non-hydrogen) atoms. The van der Waals surface area contributed by atoms with E-state index in [-0.39, 0.29) is 5.41 Å². The van der Waals surface area contributed by atoms with E-state index in [1.165, 1.54) is 24.0 Å². The van der Waals surface area contributed by atoms with Gasteiger partial charge in [-0.05, 0) is 43.6 Å². The summed E-state index contributed by atoms with van der Waals surface area (Å²) in [7, 11) is 0. The zero-order valence-electron chi connectivity index (χ0n) is 7.94. The molecule has 0 amide bonds. The average Bonchev–Trinajstić information content (AvgIpc) is 2.29.